The Balaban J connectivity index is 2.55. The van der Waals surface area contributed by atoms with E-state index in [2.05, 4.69) is 0 Å². The predicted octanol–water partition coefficient (Wildman–Crippen LogP) is 0.909. The van der Waals surface area contributed by atoms with Crippen LogP contribution in [0.15, 0.2) is 24.2 Å². The smallest absolute Gasteiger partial charge is 0.307 e. The normalized spacial score (nSPS) is 18.8. The van der Waals surface area contributed by atoms with E-state index < -0.39 is 18.0 Å². The maximum absolute atomic E-state index is 10.7. The molecule has 0 aromatic heterocycles. The van der Waals surface area contributed by atoms with Crippen molar-refractivity contribution in [1.29, 1.82) is 0 Å². The zero-order valence-electron chi connectivity index (χ0n) is 8.56. The molecule has 5 heteroatoms. The lowest BCUT2D eigenvalue weighted by molar-refractivity contribution is -0.145. The summed E-state index contributed by atoms with van der Waals surface area (Å²) in [7, 11) is 0. The number of hydrogen-bond donors (Lipinski definition) is 0. The van der Waals surface area contributed by atoms with Gasteiger partial charge in [-0.3, -0.25) is 9.59 Å². The Morgan fingerprint density at radius 2 is 2.13 bits per heavy atom. The first-order valence-electron chi connectivity index (χ1n) is 4.43. The Bertz CT molecular complexity index is 316. The van der Waals surface area contributed by atoms with Crippen LogP contribution in [0, 0.1) is 0 Å². The minimum atomic E-state index is -0.553. The van der Waals surface area contributed by atoms with Gasteiger partial charge in [0.15, 0.2) is 11.9 Å². The van der Waals surface area contributed by atoms with E-state index >= 15 is 0 Å². The third-order valence-corrected chi connectivity index (χ3v) is 1.60. The van der Waals surface area contributed by atoms with Gasteiger partial charge in [-0.15, -0.1) is 0 Å². The molecule has 0 fully saturated rings. The molecular formula is C10H12O5. The molecule has 0 saturated carbocycles. The molecule has 5 nitrogen and oxygen atoms in total. The Labute approximate surface area is 87.3 Å². The number of ether oxygens (including phenoxy) is 3. The molecule has 0 N–H and O–H groups in total. The summed E-state index contributed by atoms with van der Waals surface area (Å²) in [6.07, 6.45) is 4.09. The topological polar surface area (TPSA) is 61.8 Å². The van der Waals surface area contributed by atoms with Gasteiger partial charge < -0.3 is 14.2 Å². The number of carbonyl (C=O) groups is 2. The number of esters is 2. The molecule has 0 amide bonds. The summed E-state index contributed by atoms with van der Waals surface area (Å²) < 4.78 is 14.8. The average molecular weight is 212 g/mol. The molecule has 1 atom stereocenters. The van der Waals surface area contributed by atoms with Crippen molar-refractivity contribution in [1.82, 2.24) is 0 Å². The highest BCUT2D eigenvalue weighted by Gasteiger charge is 2.21. The minimum Gasteiger partial charge on any atom is -0.486 e. The van der Waals surface area contributed by atoms with Gasteiger partial charge in [0.25, 0.3) is 0 Å². The molecule has 15 heavy (non-hydrogen) atoms. The summed E-state index contributed by atoms with van der Waals surface area (Å²) >= 11 is 0. The second kappa shape index (κ2) is 5.19. The molecule has 1 rings (SSSR count). The summed E-state index contributed by atoms with van der Waals surface area (Å²) in [5, 5.41) is 0. The van der Waals surface area contributed by atoms with Crippen LogP contribution in [0.1, 0.15) is 13.8 Å². The van der Waals surface area contributed by atoms with Crippen LogP contribution in [0.25, 0.3) is 0 Å². The first-order chi connectivity index (χ1) is 7.09. The fraction of sp³-hybridized carbons (Fsp3) is 0.400. The third-order valence-electron chi connectivity index (χ3n) is 1.60. The Morgan fingerprint density at radius 3 is 2.73 bits per heavy atom. The zero-order valence-corrected chi connectivity index (χ0v) is 8.56. The van der Waals surface area contributed by atoms with E-state index in [1.165, 1.54) is 20.1 Å². The molecule has 0 spiro atoms. The van der Waals surface area contributed by atoms with E-state index in [9.17, 15) is 9.59 Å². The highest BCUT2D eigenvalue weighted by molar-refractivity contribution is 5.67. The van der Waals surface area contributed by atoms with Gasteiger partial charge in [0.1, 0.15) is 6.61 Å². The predicted molar refractivity (Wildman–Crippen MR) is 50.5 cm³/mol. The first-order valence-corrected chi connectivity index (χ1v) is 4.43. The van der Waals surface area contributed by atoms with E-state index in [1.807, 2.05) is 0 Å². The second-order valence-electron chi connectivity index (χ2n) is 2.92. The number of carbonyl (C=O) groups excluding carboxylic acids is 2. The molecule has 0 bridgehead atoms. The van der Waals surface area contributed by atoms with Crippen LogP contribution in [-0.4, -0.2) is 24.6 Å². The van der Waals surface area contributed by atoms with Crippen LogP contribution in [0.4, 0.5) is 0 Å². The monoisotopic (exact) mass is 212 g/mol. The van der Waals surface area contributed by atoms with Crippen LogP contribution >= 0.6 is 0 Å². The molecule has 1 heterocycles. The standard InChI is InChI=1S/C10H12O5/c1-7(11)14-6-10-9(15-8(2)12)4-3-5-13-10/h3-5,10H,6H2,1-2H3. The van der Waals surface area contributed by atoms with Crippen LogP contribution in [0.5, 0.6) is 0 Å². The molecule has 0 saturated heterocycles. The van der Waals surface area contributed by atoms with E-state index in [0.29, 0.717) is 5.76 Å². The lowest BCUT2D eigenvalue weighted by Crippen LogP contribution is -2.25. The van der Waals surface area contributed by atoms with Crippen molar-refractivity contribution in [3.8, 4) is 0 Å². The van der Waals surface area contributed by atoms with Gasteiger partial charge in [-0.1, -0.05) is 0 Å². The lowest BCUT2D eigenvalue weighted by Gasteiger charge is -2.20. The van der Waals surface area contributed by atoms with E-state index in [0.717, 1.165) is 0 Å². The molecule has 0 aromatic rings. The van der Waals surface area contributed by atoms with Crippen LogP contribution in [0.2, 0.25) is 0 Å². The molecule has 1 aliphatic heterocycles. The number of hydrogen-bond acceptors (Lipinski definition) is 5. The van der Waals surface area contributed by atoms with E-state index in [1.54, 1.807) is 12.2 Å². The van der Waals surface area contributed by atoms with Crippen LogP contribution < -0.4 is 0 Å². The SMILES string of the molecule is CC(=O)OCC1OC=CC=C1OC(C)=O. The summed E-state index contributed by atoms with van der Waals surface area (Å²) in [6, 6.07) is 0. The number of allylic oxidation sites excluding steroid dienone is 2. The minimum absolute atomic E-state index is 0.0266. The van der Waals surface area contributed by atoms with Gasteiger partial charge in [0.05, 0.1) is 6.26 Å². The van der Waals surface area contributed by atoms with Crippen molar-refractivity contribution in [3.05, 3.63) is 24.2 Å². The van der Waals surface area contributed by atoms with Gasteiger partial charge in [0.2, 0.25) is 0 Å². The second-order valence-corrected chi connectivity index (χ2v) is 2.92. The molecule has 1 aliphatic rings. The third kappa shape index (κ3) is 3.84. The summed E-state index contributed by atoms with van der Waals surface area (Å²) in [5.74, 6) is -0.505. The lowest BCUT2D eigenvalue weighted by atomic mass is 10.2. The molecular weight excluding hydrogens is 200 g/mol. The van der Waals surface area contributed by atoms with Gasteiger partial charge in [0, 0.05) is 13.8 Å². The fourth-order valence-corrected chi connectivity index (χ4v) is 1.03. The van der Waals surface area contributed by atoms with Gasteiger partial charge in [-0.2, -0.15) is 0 Å². The van der Waals surface area contributed by atoms with Crippen molar-refractivity contribution in [2.45, 2.75) is 20.0 Å². The van der Waals surface area contributed by atoms with Crippen LogP contribution in [-0.2, 0) is 23.8 Å². The molecule has 1 unspecified atom stereocenters. The Kier molecular flexibility index (Phi) is 3.91. The largest absolute Gasteiger partial charge is 0.486 e. The first kappa shape index (κ1) is 11.3. The van der Waals surface area contributed by atoms with Crippen molar-refractivity contribution < 1.29 is 23.8 Å². The van der Waals surface area contributed by atoms with Gasteiger partial charge in [-0.05, 0) is 12.2 Å². The maximum atomic E-state index is 10.7. The fourth-order valence-electron chi connectivity index (χ4n) is 1.03. The number of rotatable bonds is 3. The van der Waals surface area contributed by atoms with Crippen molar-refractivity contribution >= 4 is 11.9 Å². The molecule has 0 radical (unpaired) electrons. The highest BCUT2D eigenvalue weighted by atomic mass is 16.6. The van der Waals surface area contributed by atoms with Crippen molar-refractivity contribution in [2.24, 2.45) is 0 Å². The van der Waals surface area contributed by atoms with Crippen molar-refractivity contribution in [3.63, 3.8) is 0 Å². The van der Waals surface area contributed by atoms with E-state index in [4.69, 9.17) is 14.2 Å². The van der Waals surface area contributed by atoms with E-state index in [-0.39, 0.29) is 6.61 Å². The Hall–Kier alpha value is -1.78. The van der Waals surface area contributed by atoms with Crippen molar-refractivity contribution in [2.75, 3.05) is 6.61 Å². The average Bonchev–Trinajstić information content (AvgIpc) is 2.15. The summed E-state index contributed by atoms with van der Waals surface area (Å²) in [6.45, 7) is 2.62. The molecule has 82 valence electrons. The maximum Gasteiger partial charge on any atom is 0.307 e. The van der Waals surface area contributed by atoms with Crippen LogP contribution in [0.3, 0.4) is 0 Å². The van der Waals surface area contributed by atoms with Gasteiger partial charge in [-0.25, -0.2) is 0 Å². The zero-order chi connectivity index (χ0) is 11.3. The Morgan fingerprint density at radius 1 is 1.40 bits per heavy atom. The van der Waals surface area contributed by atoms with Gasteiger partial charge >= 0.3 is 11.9 Å². The summed E-state index contributed by atoms with van der Waals surface area (Å²) in [5.41, 5.74) is 0. The molecule has 0 aromatic carbocycles. The summed E-state index contributed by atoms with van der Waals surface area (Å²) in [4.78, 5) is 21.3. The highest BCUT2D eigenvalue weighted by Crippen LogP contribution is 2.14. The molecule has 0 aliphatic carbocycles. The quantitative estimate of drug-likeness (QED) is 0.650.